The average Bonchev–Trinajstić information content (AvgIpc) is 2.25. The van der Waals surface area contributed by atoms with Gasteiger partial charge in [-0.25, -0.2) is 4.79 Å². The number of hydrogen-bond donors (Lipinski definition) is 1. The number of halogens is 1. The molecule has 5 nitrogen and oxygen atoms in total. The van der Waals surface area contributed by atoms with E-state index in [-0.39, 0.29) is 0 Å². The third-order valence-electron chi connectivity index (χ3n) is 1.48. The van der Waals surface area contributed by atoms with E-state index in [0.29, 0.717) is 11.0 Å². The van der Waals surface area contributed by atoms with Crippen molar-refractivity contribution in [2.45, 2.75) is 26.4 Å². The van der Waals surface area contributed by atoms with Gasteiger partial charge in [0.05, 0.1) is 0 Å². The molecule has 1 N–H and O–H groups in total. The molecule has 0 fully saturated rings. The van der Waals surface area contributed by atoms with Crippen molar-refractivity contribution in [2.75, 3.05) is 5.32 Å². The summed E-state index contributed by atoms with van der Waals surface area (Å²) >= 11 is 5.66. The SMILES string of the molecule is Cn1nc(Cl)cc1NC(=O)OC(C)(C)C. The minimum atomic E-state index is -0.526. The second-order valence-corrected chi connectivity index (χ2v) is 4.49. The number of ether oxygens (including phenoxy) is 1. The number of hydrogen-bond acceptors (Lipinski definition) is 3. The lowest BCUT2D eigenvalue weighted by molar-refractivity contribution is 0.0634. The van der Waals surface area contributed by atoms with Crippen molar-refractivity contribution >= 4 is 23.5 Å². The summed E-state index contributed by atoms with van der Waals surface area (Å²) in [4.78, 5) is 11.4. The molecule has 6 heteroatoms. The van der Waals surface area contributed by atoms with Gasteiger partial charge in [-0.2, -0.15) is 5.10 Å². The fraction of sp³-hybridized carbons (Fsp3) is 0.556. The first kappa shape index (κ1) is 11.8. The molecule has 15 heavy (non-hydrogen) atoms. The van der Waals surface area contributed by atoms with Gasteiger partial charge in [-0.15, -0.1) is 0 Å². The average molecular weight is 232 g/mol. The predicted molar refractivity (Wildman–Crippen MR) is 58.1 cm³/mol. The molecule has 0 aromatic carbocycles. The molecule has 1 aromatic rings. The molecule has 0 radical (unpaired) electrons. The Morgan fingerprint density at radius 2 is 2.20 bits per heavy atom. The van der Waals surface area contributed by atoms with Gasteiger partial charge in [0, 0.05) is 13.1 Å². The van der Waals surface area contributed by atoms with Crippen LogP contribution in [0.25, 0.3) is 0 Å². The van der Waals surface area contributed by atoms with Crippen molar-refractivity contribution in [1.29, 1.82) is 0 Å². The summed E-state index contributed by atoms with van der Waals surface area (Å²) in [6.45, 7) is 5.38. The second-order valence-electron chi connectivity index (χ2n) is 4.10. The van der Waals surface area contributed by atoms with Gasteiger partial charge >= 0.3 is 6.09 Å². The summed E-state index contributed by atoms with van der Waals surface area (Å²) in [5.74, 6) is 0.495. The van der Waals surface area contributed by atoms with E-state index >= 15 is 0 Å². The summed E-state index contributed by atoms with van der Waals surface area (Å²) in [7, 11) is 1.68. The van der Waals surface area contributed by atoms with Crippen molar-refractivity contribution < 1.29 is 9.53 Å². The number of aromatic nitrogens is 2. The largest absolute Gasteiger partial charge is 0.444 e. The molecule has 0 saturated heterocycles. The normalized spacial score (nSPS) is 11.3. The Morgan fingerprint density at radius 1 is 1.60 bits per heavy atom. The van der Waals surface area contributed by atoms with E-state index < -0.39 is 11.7 Å². The van der Waals surface area contributed by atoms with E-state index in [4.69, 9.17) is 16.3 Å². The molecule has 1 amide bonds. The predicted octanol–water partition coefficient (Wildman–Crippen LogP) is 2.42. The van der Waals surface area contributed by atoms with Gasteiger partial charge in [0.1, 0.15) is 11.4 Å². The third-order valence-corrected chi connectivity index (χ3v) is 1.66. The Hall–Kier alpha value is -1.23. The van der Waals surface area contributed by atoms with Crippen LogP contribution in [-0.2, 0) is 11.8 Å². The Bertz CT molecular complexity index is 368. The number of rotatable bonds is 1. The minimum absolute atomic E-state index is 0.323. The van der Waals surface area contributed by atoms with E-state index in [1.54, 1.807) is 33.9 Å². The Morgan fingerprint density at radius 3 is 2.60 bits per heavy atom. The maximum atomic E-state index is 11.4. The third kappa shape index (κ3) is 3.79. The zero-order valence-electron chi connectivity index (χ0n) is 9.17. The van der Waals surface area contributed by atoms with Gasteiger partial charge in [0.25, 0.3) is 0 Å². The molecule has 0 aliphatic rings. The van der Waals surface area contributed by atoms with Crippen LogP contribution in [0.5, 0.6) is 0 Å². The van der Waals surface area contributed by atoms with Gasteiger partial charge in [0.2, 0.25) is 0 Å². The number of anilines is 1. The topological polar surface area (TPSA) is 56.2 Å². The van der Waals surface area contributed by atoms with Gasteiger partial charge in [0.15, 0.2) is 5.15 Å². The Labute approximate surface area is 93.4 Å². The van der Waals surface area contributed by atoms with Crippen LogP contribution in [0.2, 0.25) is 5.15 Å². The smallest absolute Gasteiger partial charge is 0.413 e. The van der Waals surface area contributed by atoms with E-state index in [1.807, 2.05) is 0 Å². The molecule has 1 rings (SSSR count). The Kier molecular flexibility index (Phi) is 3.24. The number of carbonyl (C=O) groups excluding carboxylic acids is 1. The monoisotopic (exact) mass is 231 g/mol. The molecule has 0 atom stereocenters. The maximum Gasteiger partial charge on any atom is 0.413 e. The van der Waals surface area contributed by atoms with Crippen LogP contribution in [0.4, 0.5) is 10.6 Å². The van der Waals surface area contributed by atoms with E-state index in [1.165, 1.54) is 4.68 Å². The van der Waals surface area contributed by atoms with Crippen LogP contribution >= 0.6 is 11.6 Å². The first-order valence-electron chi connectivity index (χ1n) is 4.47. The van der Waals surface area contributed by atoms with Crippen LogP contribution in [0.1, 0.15) is 20.8 Å². The number of nitrogens with one attached hydrogen (secondary N) is 1. The zero-order chi connectivity index (χ0) is 11.6. The molecule has 0 aliphatic carbocycles. The van der Waals surface area contributed by atoms with Crippen molar-refractivity contribution in [3.63, 3.8) is 0 Å². The summed E-state index contributed by atoms with van der Waals surface area (Å²) in [5.41, 5.74) is -0.521. The van der Waals surface area contributed by atoms with Gasteiger partial charge in [-0.3, -0.25) is 10.00 Å². The molecule has 0 bridgehead atoms. The summed E-state index contributed by atoms with van der Waals surface area (Å²) in [6, 6.07) is 1.55. The maximum absolute atomic E-state index is 11.4. The fourth-order valence-corrected chi connectivity index (χ4v) is 1.17. The lowest BCUT2D eigenvalue weighted by Crippen LogP contribution is -2.27. The number of nitrogens with zero attached hydrogens (tertiary/aromatic N) is 2. The molecule has 84 valence electrons. The first-order valence-corrected chi connectivity index (χ1v) is 4.85. The quantitative estimate of drug-likeness (QED) is 0.808. The molecule has 1 heterocycles. The summed E-state index contributed by atoms with van der Waals surface area (Å²) < 4.78 is 6.54. The van der Waals surface area contributed by atoms with Crippen molar-refractivity contribution in [1.82, 2.24) is 9.78 Å². The number of aryl methyl sites for hydroxylation is 1. The standard InChI is InChI=1S/C9H14ClN3O2/c1-9(2,3)15-8(14)11-7-5-6(10)12-13(7)4/h5H,1-4H3,(H,11,14). The van der Waals surface area contributed by atoms with Gasteiger partial charge < -0.3 is 4.74 Å². The van der Waals surface area contributed by atoms with E-state index in [2.05, 4.69) is 10.4 Å². The van der Waals surface area contributed by atoms with Crippen LogP contribution in [0, 0.1) is 0 Å². The molecule has 0 aliphatic heterocycles. The van der Waals surface area contributed by atoms with Crippen molar-refractivity contribution in [3.8, 4) is 0 Å². The van der Waals surface area contributed by atoms with Gasteiger partial charge in [-0.05, 0) is 20.8 Å². The van der Waals surface area contributed by atoms with Crippen molar-refractivity contribution in [2.24, 2.45) is 7.05 Å². The summed E-state index contributed by atoms with van der Waals surface area (Å²) in [5, 5.41) is 6.74. The molecular formula is C9H14ClN3O2. The summed E-state index contributed by atoms with van der Waals surface area (Å²) in [6.07, 6.45) is -0.526. The highest BCUT2D eigenvalue weighted by Gasteiger charge is 2.17. The van der Waals surface area contributed by atoms with Crippen molar-refractivity contribution in [3.05, 3.63) is 11.2 Å². The number of amides is 1. The van der Waals surface area contributed by atoms with E-state index in [0.717, 1.165) is 0 Å². The fourth-order valence-electron chi connectivity index (χ4n) is 0.957. The minimum Gasteiger partial charge on any atom is -0.444 e. The van der Waals surface area contributed by atoms with Crippen LogP contribution < -0.4 is 5.32 Å². The highest BCUT2D eigenvalue weighted by atomic mass is 35.5. The lowest BCUT2D eigenvalue weighted by atomic mass is 10.2. The van der Waals surface area contributed by atoms with Crippen LogP contribution in [0.3, 0.4) is 0 Å². The molecule has 0 unspecified atom stereocenters. The number of carbonyl (C=O) groups is 1. The van der Waals surface area contributed by atoms with Crippen LogP contribution in [0.15, 0.2) is 6.07 Å². The lowest BCUT2D eigenvalue weighted by Gasteiger charge is -2.19. The van der Waals surface area contributed by atoms with Gasteiger partial charge in [-0.1, -0.05) is 11.6 Å². The second kappa shape index (κ2) is 4.10. The first-order chi connectivity index (χ1) is 6.78. The molecule has 1 aromatic heterocycles. The van der Waals surface area contributed by atoms with E-state index in [9.17, 15) is 4.79 Å². The molecular weight excluding hydrogens is 218 g/mol. The molecule has 0 spiro atoms. The van der Waals surface area contributed by atoms with Crippen LogP contribution in [-0.4, -0.2) is 21.5 Å². The highest BCUT2D eigenvalue weighted by Crippen LogP contribution is 2.15. The Balaban J connectivity index is 2.63. The highest BCUT2D eigenvalue weighted by molar-refractivity contribution is 6.29. The molecule has 0 saturated carbocycles. The zero-order valence-corrected chi connectivity index (χ0v) is 9.92.